The first-order valence-corrected chi connectivity index (χ1v) is 10.8. The fourth-order valence-electron chi connectivity index (χ4n) is 4.23. The summed E-state index contributed by atoms with van der Waals surface area (Å²) in [4.78, 5) is 4.85. The molecule has 1 aromatic heterocycles. The molecule has 0 fully saturated rings. The predicted octanol–water partition coefficient (Wildman–Crippen LogP) is 6.25. The zero-order valence-electron chi connectivity index (χ0n) is 18.7. The molecular weight excluding hydrogens is 433 g/mol. The molecule has 168 valence electrons. The highest BCUT2D eigenvalue weighted by Crippen LogP contribution is 2.35. The van der Waals surface area contributed by atoms with E-state index < -0.39 is 7.40 Å². The van der Waals surface area contributed by atoms with Crippen molar-refractivity contribution in [1.82, 2.24) is 4.48 Å². The SMILES string of the molecule is COc1cc(OC)cc(C2=N/C(=C(/c3ccccc3)c3cc4ccccc4n3B(F)F)C=C2)c1. The van der Waals surface area contributed by atoms with E-state index in [2.05, 4.69) is 0 Å². The van der Waals surface area contributed by atoms with Crippen molar-refractivity contribution in [2.45, 2.75) is 0 Å². The number of hydrogen-bond acceptors (Lipinski definition) is 3. The van der Waals surface area contributed by atoms with Gasteiger partial charge in [0, 0.05) is 28.4 Å². The Bertz CT molecular complexity index is 1430. The van der Waals surface area contributed by atoms with Crippen molar-refractivity contribution >= 4 is 29.6 Å². The van der Waals surface area contributed by atoms with E-state index in [1.165, 1.54) is 0 Å². The average molecular weight is 454 g/mol. The smallest absolute Gasteiger partial charge is 0.497 e. The molecule has 34 heavy (non-hydrogen) atoms. The van der Waals surface area contributed by atoms with Gasteiger partial charge in [0.15, 0.2) is 0 Å². The van der Waals surface area contributed by atoms with E-state index in [-0.39, 0.29) is 0 Å². The molecule has 5 rings (SSSR count). The summed E-state index contributed by atoms with van der Waals surface area (Å²) < 4.78 is 40.5. The van der Waals surface area contributed by atoms with Crippen LogP contribution in [0.1, 0.15) is 16.8 Å². The lowest BCUT2D eigenvalue weighted by Crippen LogP contribution is -2.16. The van der Waals surface area contributed by atoms with Gasteiger partial charge >= 0.3 is 7.40 Å². The molecule has 4 aromatic rings. The summed E-state index contributed by atoms with van der Waals surface area (Å²) in [6.45, 7) is 0. The van der Waals surface area contributed by atoms with Gasteiger partial charge in [-0.3, -0.25) is 8.63 Å². The van der Waals surface area contributed by atoms with Gasteiger partial charge < -0.3 is 14.0 Å². The monoisotopic (exact) mass is 454 g/mol. The van der Waals surface area contributed by atoms with Crippen LogP contribution in [0, 0.1) is 0 Å². The maximum absolute atomic E-state index is 14.3. The van der Waals surface area contributed by atoms with Crippen LogP contribution < -0.4 is 9.47 Å². The van der Waals surface area contributed by atoms with Crippen LogP contribution in [0.3, 0.4) is 0 Å². The molecule has 0 N–H and O–H groups in total. The molecule has 0 aliphatic carbocycles. The molecule has 0 unspecified atom stereocenters. The first-order chi connectivity index (χ1) is 16.6. The lowest BCUT2D eigenvalue weighted by atomic mass is 9.99. The van der Waals surface area contributed by atoms with E-state index in [1.54, 1.807) is 38.5 Å². The van der Waals surface area contributed by atoms with Crippen LogP contribution in [0.15, 0.2) is 102 Å². The van der Waals surface area contributed by atoms with Crippen molar-refractivity contribution in [3.8, 4) is 11.5 Å². The van der Waals surface area contributed by atoms with Gasteiger partial charge in [-0.2, -0.15) is 0 Å². The van der Waals surface area contributed by atoms with Gasteiger partial charge in [-0.05, 0) is 47.4 Å². The van der Waals surface area contributed by atoms with E-state index in [9.17, 15) is 8.63 Å². The Morgan fingerprint density at radius 2 is 1.50 bits per heavy atom. The number of hydrogen-bond donors (Lipinski definition) is 0. The van der Waals surface area contributed by atoms with Crippen LogP contribution in [-0.2, 0) is 0 Å². The Morgan fingerprint density at radius 3 is 2.18 bits per heavy atom. The fraction of sp³-hybridized carbons (Fsp3) is 0.0741. The molecule has 1 aliphatic rings. The number of benzene rings is 3. The number of allylic oxidation sites excluding steroid dienone is 2. The van der Waals surface area contributed by atoms with Crippen molar-refractivity contribution in [2.24, 2.45) is 4.99 Å². The van der Waals surface area contributed by atoms with E-state index in [4.69, 9.17) is 14.5 Å². The quantitative estimate of drug-likeness (QED) is 0.323. The van der Waals surface area contributed by atoms with Crippen LogP contribution in [-0.4, -0.2) is 31.8 Å². The third-order valence-electron chi connectivity index (χ3n) is 5.81. The van der Waals surface area contributed by atoms with E-state index in [0.29, 0.717) is 39.7 Å². The van der Waals surface area contributed by atoms with Crippen molar-refractivity contribution in [2.75, 3.05) is 14.2 Å². The van der Waals surface area contributed by atoms with Crippen molar-refractivity contribution in [3.63, 3.8) is 0 Å². The first kappa shape index (κ1) is 21.7. The maximum atomic E-state index is 14.3. The third-order valence-corrected chi connectivity index (χ3v) is 5.81. The molecule has 4 nitrogen and oxygen atoms in total. The van der Waals surface area contributed by atoms with Crippen LogP contribution in [0.5, 0.6) is 11.5 Å². The number of fused-ring (bicyclic) bond motifs is 1. The molecule has 0 saturated heterocycles. The number of aromatic nitrogens is 1. The largest absolute Gasteiger partial charge is 0.678 e. The van der Waals surface area contributed by atoms with Crippen LogP contribution >= 0.6 is 0 Å². The molecule has 1 aliphatic heterocycles. The van der Waals surface area contributed by atoms with Crippen molar-refractivity contribution < 1.29 is 18.1 Å². The molecule has 2 heterocycles. The Balaban J connectivity index is 1.74. The van der Waals surface area contributed by atoms with Gasteiger partial charge in [0.2, 0.25) is 0 Å². The van der Waals surface area contributed by atoms with Crippen LogP contribution in [0.25, 0.3) is 16.5 Å². The molecule has 0 amide bonds. The summed E-state index contributed by atoms with van der Waals surface area (Å²) >= 11 is 0. The number of aliphatic imine (C=N–C) groups is 1. The highest BCUT2D eigenvalue weighted by Gasteiger charge is 2.27. The second-order valence-electron chi connectivity index (χ2n) is 7.79. The molecule has 3 aromatic carbocycles. The van der Waals surface area contributed by atoms with Gasteiger partial charge in [0.05, 0.1) is 25.6 Å². The first-order valence-electron chi connectivity index (χ1n) is 10.8. The van der Waals surface area contributed by atoms with E-state index >= 15 is 0 Å². The summed E-state index contributed by atoms with van der Waals surface area (Å²) in [5.41, 5.74) is 4.44. The number of nitrogens with zero attached hydrogens (tertiary/aromatic N) is 2. The summed E-state index contributed by atoms with van der Waals surface area (Å²) in [6.07, 6.45) is 3.74. The third kappa shape index (κ3) is 3.90. The average Bonchev–Trinajstić information content (AvgIpc) is 3.50. The zero-order chi connectivity index (χ0) is 23.7. The highest BCUT2D eigenvalue weighted by atomic mass is 19.2. The van der Waals surface area contributed by atoms with Gasteiger partial charge in [0.1, 0.15) is 11.5 Å². The predicted molar refractivity (Wildman–Crippen MR) is 133 cm³/mol. The fourth-order valence-corrected chi connectivity index (χ4v) is 4.23. The number of para-hydroxylation sites is 1. The Kier molecular flexibility index (Phi) is 5.76. The van der Waals surface area contributed by atoms with Crippen LogP contribution in [0.4, 0.5) is 8.63 Å². The number of halogens is 2. The lowest BCUT2D eigenvalue weighted by molar-refractivity contribution is 0.394. The maximum Gasteiger partial charge on any atom is 0.678 e. The molecule has 0 spiro atoms. The van der Waals surface area contributed by atoms with Crippen molar-refractivity contribution in [1.29, 1.82) is 0 Å². The van der Waals surface area contributed by atoms with E-state index in [1.807, 2.05) is 66.7 Å². The second-order valence-corrected chi connectivity index (χ2v) is 7.79. The second kappa shape index (κ2) is 9.02. The topological polar surface area (TPSA) is 35.8 Å². The van der Waals surface area contributed by atoms with Gasteiger partial charge in [-0.15, -0.1) is 0 Å². The summed E-state index contributed by atoms with van der Waals surface area (Å²) in [7, 11) is 0.477. The molecule has 0 saturated carbocycles. The number of methoxy groups -OCH3 is 2. The molecule has 7 heteroatoms. The van der Waals surface area contributed by atoms with E-state index in [0.717, 1.165) is 21.0 Å². The van der Waals surface area contributed by atoms with Gasteiger partial charge in [0.25, 0.3) is 0 Å². The normalized spacial score (nSPS) is 14.3. The van der Waals surface area contributed by atoms with Gasteiger partial charge in [-0.1, -0.05) is 48.5 Å². The Morgan fingerprint density at radius 1 is 0.824 bits per heavy atom. The molecular formula is C27H21BF2N2O2. The number of rotatable bonds is 6. The molecule has 0 bridgehead atoms. The summed E-state index contributed by atoms with van der Waals surface area (Å²) in [5, 5.41) is 0.746. The summed E-state index contributed by atoms with van der Waals surface area (Å²) in [5.74, 6) is 1.29. The standard InChI is InChI=1S/C27H21BF2N2O2/c1-33-21-14-20(15-22(17-21)34-2)23-12-13-24(31-23)27(18-8-4-3-5-9-18)26-16-19-10-6-7-11-25(19)32(26)28(29)30/h3-17H,1-2H3/b27-24-. The molecule has 0 radical (unpaired) electrons. The molecule has 0 atom stereocenters. The van der Waals surface area contributed by atoms with Crippen molar-refractivity contribution in [3.05, 3.63) is 114 Å². The zero-order valence-corrected chi connectivity index (χ0v) is 18.7. The Hall–Kier alpha value is -4.13. The van der Waals surface area contributed by atoms with Crippen LogP contribution in [0.2, 0.25) is 0 Å². The highest BCUT2D eigenvalue weighted by molar-refractivity contribution is 6.43. The summed E-state index contributed by atoms with van der Waals surface area (Å²) in [6, 6.07) is 24.0. The lowest BCUT2D eigenvalue weighted by Gasteiger charge is -2.13. The minimum absolute atomic E-state index is 0.412. The minimum Gasteiger partial charge on any atom is -0.497 e. The Labute approximate surface area is 196 Å². The number of ether oxygens (including phenoxy) is 2. The van der Waals surface area contributed by atoms with Gasteiger partial charge in [-0.25, -0.2) is 4.99 Å². The minimum atomic E-state index is -2.70.